The zero-order valence-corrected chi connectivity index (χ0v) is 13.8. The van der Waals surface area contributed by atoms with Gasteiger partial charge in [0.1, 0.15) is 6.33 Å². The fourth-order valence-corrected chi connectivity index (χ4v) is 1.94. The number of nitro groups is 1. The molecule has 3 N–H and O–H groups in total. The minimum Gasteiger partial charge on any atom is -0.383 e. The van der Waals surface area contributed by atoms with Gasteiger partial charge in [0, 0.05) is 19.2 Å². The average Bonchev–Trinajstić information content (AvgIpc) is 2.60. The van der Waals surface area contributed by atoms with E-state index in [1.54, 1.807) is 24.3 Å². The van der Waals surface area contributed by atoms with Crippen LogP contribution in [0.3, 0.4) is 0 Å². The van der Waals surface area contributed by atoms with Gasteiger partial charge in [-0.15, -0.1) is 0 Å². The molecule has 10 nitrogen and oxygen atoms in total. The molecule has 0 unspecified atom stereocenters. The molecule has 0 saturated carbocycles. The number of carbonyl (C=O) groups is 1. The Morgan fingerprint density at radius 1 is 1.24 bits per heavy atom. The summed E-state index contributed by atoms with van der Waals surface area (Å²) < 4.78 is 4.88. The van der Waals surface area contributed by atoms with E-state index in [1.807, 2.05) is 6.92 Å². The molecule has 0 atom stereocenters. The third-order valence-corrected chi connectivity index (χ3v) is 3.21. The Morgan fingerprint density at radius 2 is 1.92 bits per heavy atom. The summed E-state index contributed by atoms with van der Waals surface area (Å²) in [4.78, 5) is 30.5. The van der Waals surface area contributed by atoms with Gasteiger partial charge in [-0.25, -0.2) is 9.97 Å². The molecule has 1 aromatic heterocycles. The number of carbonyl (C=O) groups excluding carboxylic acids is 1. The first-order valence-electron chi connectivity index (χ1n) is 7.38. The van der Waals surface area contributed by atoms with Crippen LogP contribution in [0.4, 0.5) is 17.3 Å². The van der Waals surface area contributed by atoms with Crippen molar-refractivity contribution in [3.05, 3.63) is 51.8 Å². The highest BCUT2D eigenvalue weighted by Crippen LogP contribution is 2.28. The van der Waals surface area contributed by atoms with Gasteiger partial charge in [0.05, 0.1) is 11.5 Å². The van der Waals surface area contributed by atoms with E-state index in [4.69, 9.17) is 4.74 Å². The monoisotopic (exact) mass is 346 g/mol. The number of rotatable bonds is 8. The van der Waals surface area contributed by atoms with Crippen LogP contribution >= 0.6 is 0 Å². The first-order chi connectivity index (χ1) is 12.0. The van der Waals surface area contributed by atoms with Crippen molar-refractivity contribution in [3.8, 4) is 0 Å². The van der Waals surface area contributed by atoms with E-state index in [2.05, 4.69) is 26.1 Å². The molecule has 0 saturated heterocycles. The highest BCUT2D eigenvalue weighted by atomic mass is 16.6. The molecule has 25 heavy (non-hydrogen) atoms. The lowest BCUT2D eigenvalue weighted by Gasteiger charge is -2.10. The van der Waals surface area contributed by atoms with Crippen molar-refractivity contribution in [1.29, 1.82) is 0 Å². The Balaban J connectivity index is 2.12. The molecule has 10 heteroatoms. The lowest BCUT2D eigenvalue weighted by Crippen LogP contribution is -2.30. The molecule has 0 aliphatic carbocycles. The Kier molecular flexibility index (Phi) is 6.18. The number of anilines is 2. The van der Waals surface area contributed by atoms with Gasteiger partial charge in [-0.1, -0.05) is 17.7 Å². The number of nitrogens with one attached hydrogen (secondary N) is 3. The highest BCUT2D eigenvalue weighted by Gasteiger charge is 2.23. The second kappa shape index (κ2) is 8.55. The number of methoxy groups -OCH3 is 1. The standard InChI is InChI=1S/C15H18N6O4/c1-10-3-5-11(6-4-10)15(22)20-19-14-12(21(23)24)13(17-9-18-14)16-7-8-25-2/h3-6,9H,7-8H2,1-2H3,(H,20,22)(H2,16,17,18,19). The number of ether oxygens (including phenoxy) is 1. The largest absolute Gasteiger partial charge is 0.383 e. The third kappa shape index (κ3) is 4.85. The normalized spacial score (nSPS) is 10.2. The predicted molar refractivity (Wildman–Crippen MR) is 91.3 cm³/mol. The number of hydrogen-bond donors (Lipinski definition) is 3. The summed E-state index contributed by atoms with van der Waals surface area (Å²) in [5.74, 6) is -0.536. The zero-order chi connectivity index (χ0) is 18.2. The second-order valence-electron chi connectivity index (χ2n) is 5.04. The molecule has 0 aliphatic rings. The predicted octanol–water partition coefficient (Wildman–Crippen LogP) is 1.51. The summed E-state index contributed by atoms with van der Waals surface area (Å²) in [5.41, 5.74) is 5.92. The molecule has 2 rings (SSSR count). The lowest BCUT2D eigenvalue weighted by molar-refractivity contribution is -0.383. The lowest BCUT2D eigenvalue weighted by atomic mass is 10.1. The maximum absolute atomic E-state index is 12.1. The summed E-state index contributed by atoms with van der Waals surface area (Å²) in [5, 5.41) is 14.1. The highest BCUT2D eigenvalue weighted by molar-refractivity contribution is 5.95. The molecular weight excluding hydrogens is 328 g/mol. The van der Waals surface area contributed by atoms with Crippen molar-refractivity contribution in [2.45, 2.75) is 6.92 Å². The Hall–Kier alpha value is -3.27. The van der Waals surface area contributed by atoms with Gasteiger partial charge in [0.2, 0.25) is 11.6 Å². The number of hydrazine groups is 1. The van der Waals surface area contributed by atoms with Gasteiger partial charge in [-0.3, -0.25) is 25.8 Å². The van der Waals surface area contributed by atoms with E-state index in [0.29, 0.717) is 18.7 Å². The summed E-state index contributed by atoms with van der Waals surface area (Å²) >= 11 is 0. The van der Waals surface area contributed by atoms with Crippen LogP contribution in [0.15, 0.2) is 30.6 Å². The van der Waals surface area contributed by atoms with E-state index < -0.39 is 10.8 Å². The quantitative estimate of drug-likeness (QED) is 0.372. The van der Waals surface area contributed by atoms with Crippen LogP contribution in [-0.4, -0.2) is 41.1 Å². The van der Waals surface area contributed by atoms with Crippen LogP contribution < -0.4 is 16.2 Å². The van der Waals surface area contributed by atoms with Crippen LogP contribution in [0.1, 0.15) is 15.9 Å². The maximum Gasteiger partial charge on any atom is 0.354 e. The van der Waals surface area contributed by atoms with Crippen molar-refractivity contribution in [2.24, 2.45) is 0 Å². The van der Waals surface area contributed by atoms with Crippen molar-refractivity contribution in [3.63, 3.8) is 0 Å². The number of hydrogen-bond acceptors (Lipinski definition) is 8. The van der Waals surface area contributed by atoms with Gasteiger partial charge in [0.15, 0.2) is 0 Å². The van der Waals surface area contributed by atoms with Crippen LogP contribution in [0.25, 0.3) is 0 Å². The maximum atomic E-state index is 12.1. The average molecular weight is 346 g/mol. The first-order valence-corrected chi connectivity index (χ1v) is 7.38. The number of aromatic nitrogens is 2. The van der Waals surface area contributed by atoms with E-state index >= 15 is 0 Å². The summed E-state index contributed by atoms with van der Waals surface area (Å²) in [6.07, 6.45) is 1.16. The molecule has 0 bridgehead atoms. The Morgan fingerprint density at radius 3 is 2.56 bits per heavy atom. The third-order valence-electron chi connectivity index (χ3n) is 3.21. The fraction of sp³-hybridized carbons (Fsp3) is 0.267. The molecule has 0 aliphatic heterocycles. The first kappa shape index (κ1) is 18.1. The van der Waals surface area contributed by atoms with E-state index in [-0.39, 0.29) is 17.3 Å². The molecule has 1 aromatic carbocycles. The molecule has 0 radical (unpaired) electrons. The molecule has 0 fully saturated rings. The van der Waals surface area contributed by atoms with E-state index in [9.17, 15) is 14.9 Å². The Bertz CT molecular complexity index is 750. The minimum atomic E-state index is -0.629. The van der Waals surface area contributed by atoms with Gasteiger partial charge >= 0.3 is 5.69 Å². The van der Waals surface area contributed by atoms with Crippen LogP contribution in [0.5, 0.6) is 0 Å². The van der Waals surface area contributed by atoms with Crippen LogP contribution in [0, 0.1) is 17.0 Å². The van der Waals surface area contributed by atoms with Gasteiger partial charge in [0.25, 0.3) is 5.91 Å². The molecule has 132 valence electrons. The zero-order valence-electron chi connectivity index (χ0n) is 13.8. The smallest absolute Gasteiger partial charge is 0.354 e. The SMILES string of the molecule is COCCNc1ncnc(NNC(=O)c2ccc(C)cc2)c1[N+](=O)[O-]. The number of amides is 1. The van der Waals surface area contributed by atoms with Crippen molar-refractivity contribution < 1.29 is 14.5 Å². The minimum absolute atomic E-state index is 0.0316. The van der Waals surface area contributed by atoms with E-state index in [0.717, 1.165) is 11.9 Å². The summed E-state index contributed by atoms with van der Waals surface area (Å²) in [6.45, 7) is 2.60. The van der Waals surface area contributed by atoms with Gasteiger partial charge in [-0.05, 0) is 19.1 Å². The molecule has 0 spiro atoms. The van der Waals surface area contributed by atoms with Crippen LogP contribution in [-0.2, 0) is 4.74 Å². The number of aryl methyl sites for hydroxylation is 1. The van der Waals surface area contributed by atoms with Crippen LogP contribution in [0.2, 0.25) is 0 Å². The Labute approximate surface area is 143 Å². The van der Waals surface area contributed by atoms with Crippen molar-refractivity contribution in [2.75, 3.05) is 31.0 Å². The van der Waals surface area contributed by atoms with Crippen molar-refractivity contribution >= 4 is 23.2 Å². The van der Waals surface area contributed by atoms with E-state index in [1.165, 1.54) is 7.11 Å². The molecular formula is C15H18N6O4. The van der Waals surface area contributed by atoms with Crippen molar-refractivity contribution in [1.82, 2.24) is 15.4 Å². The molecule has 2 aromatic rings. The van der Waals surface area contributed by atoms with Gasteiger partial charge in [-0.2, -0.15) is 0 Å². The molecule has 1 amide bonds. The number of benzene rings is 1. The van der Waals surface area contributed by atoms with Gasteiger partial charge < -0.3 is 10.1 Å². The topological polar surface area (TPSA) is 131 Å². The number of nitrogens with zero attached hydrogens (tertiary/aromatic N) is 3. The fourth-order valence-electron chi connectivity index (χ4n) is 1.94. The summed E-state index contributed by atoms with van der Waals surface area (Å²) in [6, 6.07) is 6.89. The second-order valence-corrected chi connectivity index (χ2v) is 5.04. The molecule has 1 heterocycles. The summed E-state index contributed by atoms with van der Waals surface area (Å²) in [7, 11) is 1.52.